The summed E-state index contributed by atoms with van der Waals surface area (Å²) in [5.74, 6) is 0. The smallest absolute Gasteiger partial charge is 0.0769 e. The molecule has 15 heavy (non-hydrogen) atoms. The van der Waals surface area contributed by atoms with Crippen LogP contribution in [0.1, 0.15) is 45.2 Å². The Bertz CT molecular complexity index is 248. The summed E-state index contributed by atoms with van der Waals surface area (Å²) in [6, 6.07) is 4.49. The molecule has 0 saturated heterocycles. The van der Waals surface area contributed by atoms with Gasteiger partial charge in [-0.3, -0.25) is 0 Å². The molecule has 1 aromatic rings. The Morgan fingerprint density at radius 3 is 2.93 bits per heavy atom. The minimum Gasteiger partial charge on any atom is -0.309 e. The molecule has 1 atom stereocenters. The van der Waals surface area contributed by atoms with E-state index < -0.39 is 0 Å². The standard InChI is InChI=1S/C12H21N3/c1-3-4-5-7-11(2)13-10-12-8-6-9-14-15-12/h6,8-9,11,13H,3-5,7,10H2,1-2H3. The second-order valence-electron chi connectivity index (χ2n) is 3.99. The SMILES string of the molecule is CCCCCC(C)NCc1cccnn1. The van der Waals surface area contributed by atoms with Crippen LogP contribution >= 0.6 is 0 Å². The van der Waals surface area contributed by atoms with Gasteiger partial charge in [-0.15, -0.1) is 0 Å². The van der Waals surface area contributed by atoms with Gasteiger partial charge >= 0.3 is 0 Å². The predicted molar refractivity (Wildman–Crippen MR) is 62.5 cm³/mol. The summed E-state index contributed by atoms with van der Waals surface area (Å²) >= 11 is 0. The third-order valence-electron chi connectivity index (χ3n) is 2.50. The molecule has 0 aliphatic carbocycles. The van der Waals surface area contributed by atoms with E-state index in [1.807, 2.05) is 12.1 Å². The van der Waals surface area contributed by atoms with Gasteiger partial charge in [-0.05, 0) is 25.5 Å². The van der Waals surface area contributed by atoms with Crippen LogP contribution in [0, 0.1) is 0 Å². The molecule has 1 heterocycles. The lowest BCUT2D eigenvalue weighted by atomic mass is 10.1. The second kappa shape index (κ2) is 7.35. The van der Waals surface area contributed by atoms with Gasteiger partial charge in [0.25, 0.3) is 0 Å². The van der Waals surface area contributed by atoms with E-state index in [1.165, 1.54) is 25.7 Å². The molecular weight excluding hydrogens is 186 g/mol. The number of rotatable bonds is 7. The van der Waals surface area contributed by atoms with E-state index in [0.29, 0.717) is 6.04 Å². The van der Waals surface area contributed by atoms with E-state index in [9.17, 15) is 0 Å². The molecule has 0 amide bonds. The first-order valence-electron chi connectivity index (χ1n) is 5.83. The molecule has 0 aliphatic heterocycles. The number of nitrogens with one attached hydrogen (secondary N) is 1. The highest BCUT2D eigenvalue weighted by atomic mass is 15.1. The van der Waals surface area contributed by atoms with Gasteiger partial charge in [-0.25, -0.2) is 0 Å². The molecular formula is C12H21N3. The first-order chi connectivity index (χ1) is 7.33. The summed E-state index contributed by atoms with van der Waals surface area (Å²) in [7, 11) is 0. The van der Waals surface area contributed by atoms with Gasteiger partial charge in [0.05, 0.1) is 5.69 Å². The maximum absolute atomic E-state index is 4.03. The van der Waals surface area contributed by atoms with Crippen molar-refractivity contribution in [2.24, 2.45) is 0 Å². The van der Waals surface area contributed by atoms with Crippen molar-refractivity contribution >= 4 is 0 Å². The molecule has 0 fully saturated rings. The monoisotopic (exact) mass is 207 g/mol. The molecule has 0 bridgehead atoms. The van der Waals surface area contributed by atoms with Gasteiger partial charge in [-0.2, -0.15) is 10.2 Å². The summed E-state index contributed by atoms with van der Waals surface area (Å²) in [5.41, 5.74) is 1.01. The zero-order valence-corrected chi connectivity index (χ0v) is 9.74. The summed E-state index contributed by atoms with van der Waals surface area (Å²) < 4.78 is 0. The fraction of sp³-hybridized carbons (Fsp3) is 0.667. The number of unbranched alkanes of at least 4 members (excludes halogenated alkanes) is 2. The van der Waals surface area contributed by atoms with Crippen molar-refractivity contribution in [1.82, 2.24) is 15.5 Å². The lowest BCUT2D eigenvalue weighted by molar-refractivity contribution is 0.482. The van der Waals surface area contributed by atoms with Gasteiger partial charge in [0.1, 0.15) is 0 Å². The Kier molecular flexibility index (Phi) is 5.93. The second-order valence-corrected chi connectivity index (χ2v) is 3.99. The third-order valence-corrected chi connectivity index (χ3v) is 2.50. The van der Waals surface area contributed by atoms with Crippen molar-refractivity contribution in [2.45, 2.75) is 52.1 Å². The summed E-state index contributed by atoms with van der Waals surface area (Å²) in [6.45, 7) is 5.28. The van der Waals surface area contributed by atoms with Crippen molar-refractivity contribution in [3.05, 3.63) is 24.0 Å². The summed E-state index contributed by atoms with van der Waals surface area (Å²) in [4.78, 5) is 0. The molecule has 3 heteroatoms. The fourth-order valence-corrected chi connectivity index (χ4v) is 1.51. The quantitative estimate of drug-likeness (QED) is 0.698. The molecule has 1 aromatic heterocycles. The highest BCUT2D eigenvalue weighted by Gasteiger charge is 2.01. The number of aromatic nitrogens is 2. The van der Waals surface area contributed by atoms with Crippen molar-refractivity contribution in [3.8, 4) is 0 Å². The van der Waals surface area contributed by atoms with Crippen molar-refractivity contribution in [1.29, 1.82) is 0 Å². The average Bonchev–Trinajstić information content (AvgIpc) is 2.28. The first kappa shape index (κ1) is 12.1. The van der Waals surface area contributed by atoms with Crippen LogP contribution in [0.5, 0.6) is 0 Å². The predicted octanol–water partition coefficient (Wildman–Crippen LogP) is 2.54. The zero-order valence-electron chi connectivity index (χ0n) is 9.74. The lowest BCUT2D eigenvalue weighted by Crippen LogP contribution is -2.25. The van der Waals surface area contributed by atoms with Crippen LogP contribution in [-0.4, -0.2) is 16.2 Å². The van der Waals surface area contributed by atoms with Crippen molar-refractivity contribution < 1.29 is 0 Å². The van der Waals surface area contributed by atoms with Crippen LogP contribution in [-0.2, 0) is 6.54 Å². The van der Waals surface area contributed by atoms with E-state index in [-0.39, 0.29) is 0 Å². The topological polar surface area (TPSA) is 37.8 Å². The Balaban J connectivity index is 2.14. The van der Waals surface area contributed by atoms with Crippen LogP contribution in [0.25, 0.3) is 0 Å². The molecule has 84 valence electrons. The minimum atomic E-state index is 0.568. The van der Waals surface area contributed by atoms with Gasteiger partial charge < -0.3 is 5.32 Å². The van der Waals surface area contributed by atoms with Crippen molar-refractivity contribution in [2.75, 3.05) is 0 Å². The van der Waals surface area contributed by atoms with E-state index in [4.69, 9.17) is 0 Å². The maximum Gasteiger partial charge on any atom is 0.0769 e. The molecule has 0 saturated carbocycles. The van der Waals surface area contributed by atoms with Crippen LogP contribution < -0.4 is 5.32 Å². The van der Waals surface area contributed by atoms with Crippen LogP contribution in [0.2, 0.25) is 0 Å². The molecule has 1 unspecified atom stereocenters. The van der Waals surface area contributed by atoms with Gasteiger partial charge in [0.15, 0.2) is 0 Å². The van der Waals surface area contributed by atoms with Crippen LogP contribution in [0.4, 0.5) is 0 Å². The Hall–Kier alpha value is -0.960. The zero-order chi connectivity index (χ0) is 10.9. The Labute approximate surface area is 92.3 Å². The van der Waals surface area contributed by atoms with Gasteiger partial charge in [0.2, 0.25) is 0 Å². The molecule has 0 aliphatic rings. The van der Waals surface area contributed by atoms with E-state index in [2.05, 4.69) is 29.4 Å². The normalized spacial score (nSPS) is 12.7. The maximum atomic E-state index is 4.03. The lowest BCUT2D eigenvalue weighted by Gasteiger charge is -2.12. The van der Waals surface area contributed by atoms with Gasteiger partial charge in [-0.1, -0.05) is 26.2 Å². The molecule has 0 aromatic carbocycles. The van der Waals surface area contributed by atoms with E-state index >= 15 is 0 Å². The Morgan fingerprint density at radius 2 is 2.27 bits per heavy atom. The molecule has 0 radical (unpaired) electrons. The molecule has 1 N–H and O–H groups in total. The third kappa shape index (κ3) is 5.47. The van der Waals surface area contributed by atoms with E-state index in [0.717, 1.165) is 12.2 Å². The molecule has 1 rings (SSSR count). The highest BCUT2D eigenvalue weighted by molar-refractivity contribution is 4.98. The highest BCUT2D eigenvalue weighted by Crippen LogP contribution is 2.03. The number of hydrogen-bond donors (Lipinski definition) is 1. The number of hydrogen-bond acceptors (Lipinski definition) is 3. The van der Waals surface area contributed by atoms with Gasteiger partial charge in [0, 0.05) is 18.8 Å². The van der Waals surface area contributed by atoms with E-state index in [1.54, 1.807) is 6.20 Å². The average molecular weight is 207 g/mol. The largest absolute Gasteiger partial charge is 0.309 e. The fourth-order valence-electron chi connectivity index (χ4n) is 1.51. The van der Waals surface area contributed by atoms with Crippen molar-refractivity contribution in [3.63, 3.8) is 0 Å². The summed E-state index contributed by atoms with van der Waals surface area (Å²) in [6.07, 6.45) is 6.88. The summed E-state index contributed by atoms with van der Waals surface area (Å²) in [5, 5.41) is 11.3. The Morgan fingerprint density at radius 1 is 1.40 bits per heavy atom. The van der Waals surface area contributed by atoms with Crippen LogP contribution in [0.3, 0.4) is 0 Å². The minimum absolute atomic E-state index is 0.568. The first-order valence-corrected chi connectivity index (χ1v) is 5.83. The van der Waals surface area contributed by atoms with Crippen LogP contribution in [0.15, 0.2) is 18.3 Å². The molecule has 3 nitrogen and oxygen atoms in total. The number of nitrogens with zero attached hydrogens (tertiary/aromatic N) is 2. The molecule has 0 spiro atoms.